The summed E-state index contributed by atoms with van der Waals surface area (Å²) < 4.78 is 23.3. The van der Waals surface area contributed by atoms with Gasteiger partial charge in [0.1, 0.15) is 17.7 Å². The van der Waals surface area contributed by atoms with Gasteiger partial charge < -0.3 is 20.1 Å². The molecule has 0 fully saturated rings. The largest absolute Gasteiger partial charge is 0.489 e. The van der Waals surface area contributed by atoms with Crippen molar-refractivity contribution < 1.29 is 18.7 Å². The highest BCUT2D eigenvalue weighted by atomic mass is 19.1. The number of hydrogen-bond acceptors (Lipinski definition) is 4. The maximum Gasteiger partial charge on any atom is 0.307 e. The summed E-state index contributed by atoms with van der Waals surface area (Å²) in [6.07, 6.45) is 0.0452. The van der Waals surface area contributed by atoms with Gasteiger partial charge in [-0.05, 0) is 26.0 Å². The van der Waals surface area contributed by atoms with Crippen molar-refractivity contribution in [2.24, 2.45) is 4.99 Å². The van der Waals surface area contributed by atoms with Gasteiger partial charge in [-0.15, -0.1) is 0 Å². The fourth-order valence-electron chi connectivity index (χ4n) is 1.76. The van der Waals surface area contributed by atoms with Crippen LogP contribution in [-0.2, 0) is 9.53 Å². The molecule has 0 spiro atoms. The molecule has 0 bridgehead atoms. The summed E-state index contributed by atoms with van der Waals surface area (Å²) in [5, 5.41) is 6.11. The van der Waals surface area contributed by atoms with Crippen molar-refractivity contribution in [3.05, 3.63) is 30.1 Å². The van der Waals surface area contributed by atoms with Crippen molar-refractivity contribution >= 4 is 11.9 Å². The molecule has 1 atom stereocenters. The van der Waals surface area contributed by atoms with E-state index in [9.17, 15) is 9.18 Å². The molecule has 128 valence electrons. The summed E-state index contributed by atoms with van der Waals surface area (Å²) in [4.78, 5) is 15.5. The highest BCUT2D eigenvalue weighted by Gasteiger charge is 2.06. The second kappa shape index (κ2) is 10.4. The number of carbonyl (C=O) groups is 1. The lowest BCUT2D eigenvalue weighted by atomic mass is 10.3. The van der Waals surface area contributed by atoms with Crippen molar-refractivity contribution in [2.75, 3.05) is 26.7 Å². The molecule has 0 aliphatic heterocycles. The molecule has 23 heavy (non-hydrogen) atoms. The van der Waals surface area contributed by atoms with E-state index in [0.717, 1.165) is 0 Å². The summed E-state index contributed by atoms with van der Waals surface area (Å²) >= 11 is 0. The normalized spacial score (nSPS) is 12.4. The monoisotopic (exact) mass is 325 g/mol. The summed E-state index contributed by atoms with van der Waals surface area (Å²) in [6.45, 7) is 5.32. The third-order valence-electron chi connectivity index (χ3n) is 2.83. The van der Waals surface area contributed by atoms with E-state index >= 15 is 0 Å². The lowest BCUT2D eigenvalue weighted by Gasteiger charge is -2.15. The number of benzene rings is 1. The molecule has 6 nitrogen and oxygen atoms in total. The molecular weight excluding hydrogens is 301 g/mol. The van der Waals surface area contributed by atoms with Crippen LogP contribution in [-0.4, -0.2) is 44.8 Å². The number of ether oxygens (including phenoxy) is 2. The number of aliphatic imine (C=N–C) groups is 1. The van der Waals surface area contributed by atoms with Gasteiger partial charge in [0.25, 0.3) is 0 Å². The minimum Gasteiger partial charge on any atom is -0.489 e. The zero-order valence-electron chi connectivity index (χ0n) is 13.8. The molecule has 0 radical (unpaired) electrons. The molecule has 0 saturated heterocycles. The Bertz CT molecular complexity index is 523. The Labute approximate surface area is 136 Å². The number of esters is 1. The van der Waals surface area contributed by atoms with Gasteiger partial charge in [0, 0.05) is 19.2 Å². The van der Waals surface area contributed by atoms with Crippen LogP contribution in [0, 0.1) is 5.82 Å². The van der Waals surface area contributed by atoms with Gasteiger partial charge in [-0.1, -0.05) is 6.07 Å². The van der Waals surface area contributed by atoms with Crippen LogP contribution in [0.25, 0.3) is 0 Å². The third kappa shape index (κ3) is 8.04. The van der Waals surface area contributed by atoms with Gasteiger partial charge in [-0.25, -0.2) is 9.38 Å². The number of nitrogens with one attached hydrogen (secondary N) is 2. The topological polar surface area (TPSA) is 72.0 Å². The number of methoxy groups -OCH3 is 1. The van der Waals surface area contributed by atoms with Gasteiger partial charge >= 0.3 is 5.97 Å². The maximum atomic E-state index is 13.1. The zero-order chi connectivity index (χ0) is 17.1. The van der Waals surface area contributed by atoms with E-state index in [1.807, 2.05) is 13.8 Å². The Balaban J connectivity index is 2.46. The molecule has 2 N–H and O–H groups in total. The Hall–Kier alpha value is -2.31. The third-order valence-corrected chi connectivity index (χ3v) is 2.83. The van der Waals surface area contributed by atoms with E-state index in [2.05, 4.69) is 20.4 Å². The van der Waals surface area contributed by atoms with Crippen LogP contribution in [0.1, 0.15) is 20.3 Å². The average Bonchev–Trinajstić information content (AvgIpc) is 2.52. The molecule has 1 aromatic carbocycles. The Morgan fingerprint density at radius 2 is 2.17 bits per heavy atom. The first-order valence-electron chi connectivity index (χ1n) is 7.56. The summed E-state index contributed by atoms with van der Waals surface area (Å²) in [5.74, 6) is 0.439. The molecule has 0 aromatic heterocycles. The standard InChI is InChI=1S/C16H24FN3O3/c1-4-18-16(19-9-8-15(21)22-3)20-11-12(2)23-14-7-5-6-13(17)10-14/h5-7,10,12H,4,8-9,11H2,1-3H3,(H2,18,19,20). The van der Waals surface area contributed by atoms with Crippen LogP contribution in [0.3, 0.4) is 0 Å². The first-order chi connectivity index (χ1) is 11.0. The number of halogens is 1. The van der Waals surface area contributed by atoms with Crippen LogP contribution in [0.15, 0.2) is 29.3 Å². The van der Waals surface area contributed by atoms with Crippen LogP contribution >= 0.6 is 0 Å². The number of guanidine groups is 1. The van der Waals surface area contributed by atoms with E-state index in [-0.39, 0.29) is 24.3 Å². The fraction of sp³-hybridized carbons (Fsp3) is 0.500. The Kier molecular flexibility index (Phi) is 8.49. The van der Waals surface area contributed by atoms with Crippen molar-refractivity contribution in [3.8, 4) is 5.75 Å². The molecule has 7 heteroatoms. The van der Waals surface area contributed by atoms with Crippen LogP contribution < -0.4 is 15.4 Å². The van der Waals surface area contributed by atoms with E-state index in [0.29, 0.717) is 31.3 Å². The van der Waals surface area contributed by atoms with Gasteiger partial charge in [-0.2, -0.15) is 0 Å². The number of nitrogens with zero attached hydrogens (tertiary/aromatic N) is 1. The van der Waals surface area contributed by atoms with Crippen molar-refractivity contribution in [3.63, 3.8) is 0 Å². The molecule has 0 aliphatic rings. The average molecular weight is 325 g/mol. The lowest BCUT2D eigenvalue weighted by Crippen LogP contribution is -2.39. The summed E-state index contributed by atoms with van der Waals surface area (Å²) in [7, 11) is 1.35. The quantitative estimate of drug-likeness (QED) is 0.432. The second-order valence-corrected chi connectivity index (χ2v) is 4.86. The smallest absolute Gasteiger partial charge is 0.307 e. The lowest BCUT2D eigenvalue weighted by molar-refractivity contribution is -0.140. The minimum atomic E-state index is -0.337. The number of hydrogen-bond donors (Lipinski definition) is 2. The molecular formula is C16H24FN3O3. The fourth-order valence-corrected chi connectivity index (χ4v) is 1.76. The number of carbonyl (C=O) groups excluding carboxylic acids is 1. The predicted molar refractivity (Wildman–Crippen MR) is 87.1 cm³/mol. The van der Waals surface area contributed by atoms with Gasteiger partial charge in [0.05, 0.1) is 20.1 Å². The molecule has 1 aromatic rings. The van der Waals surface area contributed by atoms with Gasteiger partial charge in [0.2, 0.25) is 0 Å². The van der Waals surface area contributed by atoms with Crippen molar-refractivity contribution in [1.82, 2.24) is 10.6 Å². The molecule has 0 aliphatic carbocycles. The van der Waals surface area contributed by atoms with E-state index < -0.39 is 0 Å². The molecule has 0 saturated carbocycles. The zero-order valence-corrected chi connectivity index (χ0v) is 13.8. The second-order valence-electron chi connectivity index (χ2n) is 4.86. The Morgan fingerprint density at radius 3 is 2.83 bits per heavy atom. The van der Waals surface area contributed by atoms with Crippen LogP contribution in [0.4, 0.5) is 4.39 Å². The maximum absolute atomic E-state index is 13.1. The first kappa shape index (κ1) is 18.7. The minimum absolute atomic E-state index is 0.215. The molecule has 0 heterocycles. The van der Waals surface area contributed by atoms with E-state index in [1.165, 1.54) is 19.2 Å². The highest BCUT2D eigenvalue weighted by Crippen LogP contribution is 2.13. The van der Waals surface area contributed by atoms with Gasteiger partial charge in [-0.3, -0.25) is 4.79 Å². The SMILES string of the molecule is CCNC(=NCC(C)Oc1cccc(F)c1)NCCC(=O)OC. The summed E-state index contributed by atoms with van der Waals surface area (Å²) in [5.41, 5.74) is 0. The van der Waals surface area contributed by atoms with Crippen LogP contribution in [0.5, 0.6) is 5.75 Å². The van der Waals surface area contributed by atoms with Gasteiger partial charge in [0.15, 0.2) is 5.96 Å². The highest BCUT2D eigenvalue weighted by molar-refractivity contribution is 5.80. The summed E-state index contributed by atoms with van der Waals surface area (Å²) in [6, 6.07) is 5.99. The van der Waals surface area contributed by atoms with Crippen molar-refractivity contribution in [1.29, 1.82) is 0 Å². The number of rotatable bonds is 8. The Morgan fingerprint density at radius 1 is 1.39 bits per heavy atom. The molecule has 0 amide bonds. The van der Waals surface area contributed by atoms with Crippen molar-refractivity contribution in [2.45, 2.75) is 26.4 Å². The van der Waals surface area contributed by atoms with Crippen LogP contribution in [0.2, 0.25) is 0 Å². The predicted octanol–water partition coefficient (Wildman–Crippen LogP) is 1.71. The van der Waals surface area contributed by atoms with E-state index in [1.54, 1.807) is 12.1 Å². The molecule has 1 unspecified atom stereocenters. The molecule has 1 rings (SSSR count). The first-order valence-corrected chi connectivity index (χ1v) is 7.56. The van der Waals surface area contributed by atoms with E-state index in [4.69, 9.17) is 4.74 Å².